The molecule has 0 amide bonds. The number of nitro groups is 1. The van der Waals surface area contributed by atoms with E-state index in [2.05, 4.69) is 0 Å². The van der Waals surface area contributed by atoms with Crippen molar-refractivity contribution in [3.63, 3.8) is 0 Å². The van der Waals surface area contributed by atoms with E-state index in [1.54, 1.807) is 0 Å². The van der Waals surface area contributed by atoms with E-state index in [1.807, 2.05) is 17.5 Å². The van der Waals surface area contributed by atoms with Gasteiger partial charge in [-0.2, -0.15) is 8.42 Å². The fourth-order valence-electron chi connectivity index (χ4n) is 1.84. The lowest BCUT2D eigenvalue weighted by molar-refractivity contribution is -0.385. The molecule has 1 aromatic carbocycles. The number of nitrogens with zero attached hydrogens (tertiary/aromatic N) is 1. The minimum Gasteiger partial charge on any atom is -0.282 e. The molecule has 2 aromatic rings. The van der Waals surface area contributed by atoms with Crippen LogP contribution in [0, 0.1) is 10.1 Å². The third-order valence-electron chi connectivity index (χ3n) is 2.75. The van der Waals surface area contributed by atoms with Crippen LogP contribution >= 0.6 is 11.3 Å². The molecule has 0 saturated heterocycles. The van der Waals surface area contributed by atoms with Gasteiger partial charge in [0.05, 0.1) is 9.82 Å². The molecular weight excluding hydrogens is 302 g/mol. The van der Waals surface area contributed by atoms with Gasteiger partial charge < -0.3 is 0 Å². The molecule has 0 atom stereocenters. The van der Waals surface area contributed by atoms with E-state index in [4.69, 9.17) is 4.55 Å². The highest BCUT2D eigenvalue weighted by Gasteiger charge is 2.19. The zero-order valence-electron chi connectivity index (χ0n) is 10.2. The molecule has 6 nitrogen and oxygen atoms in total. The average molecular weight is 313 g/mol. The van der Waals surface area contributed by atoms with Crippen LogP contribution in [0.5, 0.6) is 0 Å². The van der Waals surface area contributed by atoms with Crippen LogP contribution in [0.3, 0.4) is 0 Å². The highest BCUT2D eigenvalue weighted by molar-refractivity contribution is 7.85. The lowest BCUT2D eigenvalue weighted by Crippen LogP contribution is -2.05. The summed E-state index contributed by atoms with van der Waals surface area (Å²) in [6.07, 6.45) is 0.860. The monoisotopic (exact) mass is 313 g/mol. The molecule has 2 rings (SSSR count). The van der Waals surface area contributed by atoms with Gasteiger partial charge in [-0.05, 0) is 35.9 Å². The number of hydrogen-bond acceptors (Lipinski definition) is 5. The molecule has 0 saturated carbocycles. The molecule has 0 aliphatic carbocycles. The smallest absolute Gasteiger partial charge is 0.282 e. The SMILES string of the molecule is O=[N+]([O-])c1ccc(S(=O)(=O)O)c(CCc2cccs2)c1. The maximum Gasteiger partial charge on any atom is 0.294 e. The lowest BCUT2D eigenvalue weighted by Gasteiger charge is -2.06. The summed E-state index contributed by atoms with van der Waals surface area (Å²) in [6.45, 7) is 0. The van der Waals surface area contributed by atoms with Crippen LogP contribution in [-0.4, -0.2) is 17.9 Å². The number of non-ortho nitro benzene ring substituents is 1. The van der Waals surface area contributed by atoms with Crippen molar-refractivity contribution < 1.29 is 17.9 Å². The van der Waals surface area contributed by atoms with E-state index >= 15 is 0 Å². The largest absolute Gasteiger partial charge is 0.294 e. The Bertz CT molecular complexity index is 722. The Balaban J connectivity index is 2.36. The van der Waals surface area contributed by atoms with Crippen LogP contribution in [0.1, 0.15) is 10.4 Å². The predicted molar refractivity (Wildman–Crippen MR) is 74.6 cm³/mol. The highest BCUT2D eigenvalue weighted by Crippen LogP contribution is 2.24. The standard InChI is InChI=1S/C12H11NO5S2/c14-13(15)10-4-6-12(20(16,17)18)9(8-10)3-5-11-2-1-7-19-11/h1-2,4,6-8H,3,5H2,(H,16,17,18). The maximum atomic E-state index is 11.3. The van der Waals surface area contributed by atoms with Gasteiger partial charge in [-0.1, -0.05) is 6.07 Å². The zero-order valence-corrected chi connectivity index (χ0v) is 11.9. The molecule has 8 heteroatoms. The Morgan fingerprint density at radius 3 is 2.55 bits per heavy atom. The van der Waals surface area contributed by atoms with Crippen molar-refractivity contribution in [3.8, 4) is 0 Å². The van der Waals surface area contributed by atoms with Gasteiger partial charge in [0.1, 0.15) is 0 Å². The second-order valence-electron chi connectivity index (χ2n) is 4.10. The molecule has 1 heterocycles. The Labute approximate surface area is 119 Å². The first kappa shape index (κ1) is 14.6. The maximum absolute atomic E-state index is 11.3. The second-order valence-corrected chi connectivity index (χ2v) is 6.53. The number of hydrogen-bond donors (Lipinski definition) is 1. The van der Waals surface area contributed by atoms with Crippen molar-refractivity contribution in [3.05, 3.63) is 56.3 Å². The van der Waals surface area contributed by atoms with Crippen molar-refractivity contribution in [1.82, 2.24) is 0 Å². The highest BCUT2D eigenvalue weighted by atomic mass is 32.2. The number of thiophene rings is 1. The molecule has 1 aromatic heterocycles. The van der Waals surface area contributed by atoms with Crippen molar-refractivity contribution in [1.29, 1.82) is 0 Å². The summed E-state index contributed by atoms with van der Waals surface area (Å²) in [5, 5.41) is 12.6. The van der Waals surface area contributed by atoms with Gasteiger partial charge in [0.15, 0.2) is 0 Å². The first-order valence-electron chi connectivity index (χ1n) is 5.65. The Hall–Kier alpha value is -1.77. The lowest BCUT2D eigenvalue weighted by atomic mass is 10.1. The first-order chi connectivity index (χ1) is 9.38. The fraction of sp³-hybridized carbons (Fsp3) is 0.167. The minimum atomic E-state index is -4.39. The van der Waals surface area contributed by atoms with Gasteiger partial charge in [-0.15, -0.1) is 11.3 Å². The predicted octanol–water partition coefficient (Wildman–Crippen LogP) is 2.69. The molecule has 0 radical (unpaired) electrons. The van der Waals surface area contributed by atoms with E-state index in [0.717, 1.165) is 17.0 Å². The molecule has 0 aliphatic rings. The molecular formula is C12H11NO5S2. The summed E-state index contributed by atoms with van der Waals surface area (Å²) in [5.74, 6) is 0. The molecule has 1 N–H and O–H groups in total. The number of benzene rings is 1. The topological polar surface area (TPSA) is 97.5 Å². The Morgan fingerprint density at radius 1 is 1.25 bits per heavy atom. The van der Waals surface area contributed by atoms with Crippen molar-refractivity contribution in [2.45, 2.75) is 17.7 Å². The van der Waals surface area contributed by atoms with Crippen LogP contribution in [0.4, 0.5) is 5.69 Å². The van der Waals surface area contributed by atoms with Crippen molar-refractivity contribution in [2.75, 3.05) is 0 Å². The zero-order chi connectivity index (χ0) is 14.8. The molecule has 0 bridgehead atoms. The number of nitro benzene ring substituents is 1. The second kappa shape index (κ2) is 5.70. The van der Waals surface area contributed by atoms with E-state index in [1.165, 1.54) is 17.4 Å². The summed E-state index contributed by atoms with van der Waals surface area (Å²) < 4.78 is 31.7. The van der Waals surface area contributed by atoms with Gasteiger partial charge in [0.2, 0.25) is 0 Å². The van der Waals surface area contributed by atoms with Crippen LogP contribution in [0.15, 0.2) is 40.6 Å². The molecule has 0 spiro atoms. The quantitative estimate of drug-likeness (QED) is 0.520. The average Bonchev–Trinajstić information content (AvgIpc) is 2.87. The van der Waals surface area contributed by atoms with Crippen LogP contribution in [-0.2, 0) is 23.0 Å². The fourth-order valence-corrected chi connectivity index (χ4v) is 3.28. The number of aryl methyl sites for hydroxylation is 2. The summed E-state index contributed by atoms with van der Waals surface area (Å²) in [7, 11) is -4.39. The van der Waals surface area contributed by atoms with E-state index in [9.17, 15) is 18.5 Å². The van der Waals surface area contributed by atoms with Crippen LogP contribution in [0.25, 0.3) is 0 Å². The van der Waals surface area contributed by atoms with Crippen LogP contribution < -0.4 is 0 Å². The third kappa shape index (κ3) is 3.41. The Kier molecular flexibility index (Phi) is 4.17. The summed E-state index contributed by atoms with van der Waals surface area (Å²) in [5.41, 5.74) is 0.0497. The summed E-state index contributed by atoms with van der Waals surface area (Å²) in [4.78, 5) is 10.9. The molecule has 0 aliphatic heterocycles. The first-order valence-corrected chi connectivity index (χ1v) is 7.97. The van der Waals surface area contributed by atoms with Crippen LogP contribution in [0.2, 0.25) is 0 Å². The van der Waals surface area contributed by atoms with E-state index in [0.29, 0.717) is 12.8 Å². The van der Waals surface area contributed by atoms with Gasteiger partial charge >= 0.3 is 0 Å². The minimum absolute atomic E-state index is 0.196. The van der Waals surface area contributed by atoms with E-state index in [-0.39, 0.29) is 16.1 Å². The number of rotatable bonds is 5. The van der Waals surface area contributed by atoms with Crippen molar-refractivity contribution >= 4 is 27.1 Å². The van der Waals surface area contributed by atoms with E-state index < -0.39 is 15.0 Å². The van der Waals surface area contributed by atoms with Gasteiger partial charge in [-0.25, -0.2) is 0 Å². The summed E-state index contributed by atoms with van der Waals surface area (Å²) in [6, 6.07) is 7.10. The molecule has 20 heavy (non-hydrogen) atoms. The van der Waals surface area contributed by atoms with Gasteiger partial charge in [0.25, 0.3) is 15.8 Å². The third-order valence-corrected chi connectivity index (χ3v) is 4.64. The normalized spacial score (nSPS) is 11.4. The Morgan fingerprint density at radius 2 is 2.00 bits per heavy atom. The van der Waals surface area contributed by atoms with Crippen molar-refractivity contribution in [2.24, 2.45) is 0 Å². The molecule has 106 valence electrons. The molecule has 0 fully saturated rings. The summed E-state index contributed by atoms with van der Waals surface area (Å²) >= 11 is 1.52. The van der Waals surface area contributed by atoms with Gasteiger partial charge in [-0.3, -0.25) is 14.7 Å². The van der Waals surface area contributed by atoms with Gasteiger partial charge in [0, 0.05) is 17.0 Å². The molecule has 0 unspecified atom stereocenters.